The first-order valence-electron chi connectivity index (χ1n) is 4.49. The minimum atomic E-state index is -0.734. The van der Waals surface area contributed by atoms with E-state index in [1.165, 1.54) is 0 Å². The predicted octanol–water partition coefficient (Wildman–Crippen LogP) is 2.28. The zero-order chi connectivity index (χ0) is 12.1. The molecule has 0 saturated carbocycles. The molecule has 1 aromatic rings. The van der Waals surface area contributed by atoms with Gasteiger partial charge in [-0.25, -0.2) is 0 Å². The van der Waals surface area contributed by atoms with Gasteiger partial charge in [0.2, 0.25) is 5.91 Å². The normalized spacial score (nSPS) is 11.6. The van der Waals surface area contributed by atoms with Gasteiger partial charge in [-0.1, -0.05) is 23.2 Å². The molecule has 16 heavy (non-hydrogen) atoms. The van der Waals surface area contributed by atoms with E-state index in [4.69, 9.17) is 35.4 Å². The number of benzene rings is 1. The van der Waals surface area contributed by atoms with Crippen molar-refractivity contribution in [2.24, 2.45) is 5.73 Å². The van der Waals surface area contributed by atoms with Gasteiger partial charge in [0, 0.05) is 22.2 Å². The van der Waals surface area contributed by atoms with Gasteiger partial charge in [0.05, 0.1) is 6.04 Å². The van der Waals surface area contributed by atoms with Gasteiger partial charge in [-0.05, 0) is 18.2 Å². The van der Waals surface area contributed by atoms with Gasteiger partial charge in [0.25, 0.3) is 0 Å². The lowest BCUT2D eigenvalue weighted by atomic mass is 10.2. The van der Waals surface area contributed by atoms with Gasteiger partial charge in [-0.15, -0.1) is 12.3 Å². The Morgan fingerprint density at radius 3 is 2.50 bits per heavy atom. The quantitative estimate of drug-likeness (QED) is 0.816. The van der Waals surface area contributed by atoms with Crippen molar-refractivity contribution in [3.8, 4) is 12.3 Å². The molecule has 1 atom stereocenters. The van der Waals surface area contributed by atoms with Crippen LogP contribution >= 0.6 is 23.2 Å². The molecule has 0 bridgehead atoms. The van der Waals surface area contributed by atoms with Gasteiger partial charge in [-0.3, -0.25) is 4.79 Å². The number of nitrogens with two attached hydrogens (primary N) is 1. The summed E-state index contributed by atoms with van der Waals surface area (Å²) in [5.41, 5.74) is 6.03. The molecule has 0 aliphatic rings. The molecule has 3 nitrogen and oxygen atoms in total. The Bertz CT molecular complexity index is 420. The van der Waals surface area contributed by atoms with E-state index < -0.39 is 6.04 Å². The standard InChI is InChI=1S/C11H10Cl2N2O/c1-2-3-10(14)11(16)15-9-5-7(12)4-8(13)6-9/h1,4-6,10H,3,14H2,(H,15,16). The monoisotopic (exact) mass is 256 g/mol. The molecule has 0 aliphatic carbocycles. The molecule has 1 amide bonds. The van der Waals surface area contributed by atoms with Crippen LogP contribution in [-0.4, -0.2) is 11.9 Å². The van der Waals surface area contributed by atoms with E-state index >= 15 is 0 Å². The lowest BCUT2D eigenvalue weighted by molar-refractivity contribution is -0.117. The van der Waals surface area contributed by atoms with Crippen molar-refractivity contribution in [1.82, 2.24) is 0 Å². The summed E-state index contributed by atoms with van der Waals surface area (Å²) in [7, 11) is 0. The molecule has 1 unspecified atom stereocenters. The van der Waals surface area contributed by atoms with Gasteiger partial charge >= 0.3 is 0 Å². The molecule has 0 saturated heterocycles. The zero-order valence-electron chi connectivity index (χ0n) is 8.34. The highest BCUT2D eigenvalue weighted by molar-refractivity contribution is 6.35. The second kappa shape index (κ2) is 5.76. The molecule has 3 N–H and O–H groups in total. The Morgan fingerprint density at radius 1 is 1.44 bits per heavy atom. The highest BCUT2D eigenvalue weighted by atomic mass is 35.5. The van der Waals surface area contributed by atoms with Crippen LogP contribution in [0.4, 0.5) is 5.69 Å². The number of nitrogens with one attached hydrogen (secondary N) is 1. The van der Waals surface area contributed by atoms with E-state index in [1.54, 1.807) is 18.2 Å². The third-order valence-corrected chi connectivity index (χ3v) is 2.24. The number of hydrogen-bond donors (Lipinski definition) is 2. The van der Waals surface area contributed by atoms with Crippen LogP contribution in [0.2, 0.25) is 10.0 Å². The minimum absolute atomic E-state index is 0.181. The number of carbonyl (C=O) groups is 1. The smallest absolute Gasteiger partial charge is 0.242 e. The van der Waals surface area contributed by atoms with E-state index in [0.717, 1.165) is 0 Å². The summed E-state index contributed by atoms with van der Waals surface area (Å²) in [6, 6.07) is 3.99. The van der Waals surface area contributed by atoms with Crippen molar-refractivity contribution in [3.63, 3.8) is 0 Å². The molecular weight excluding hydrogens is 247 g/mol. The number of amides is 1. The molecule has 1 aromatic carbocycles. The van der Waals surface area contributed by atoms with E-state index in [9.17, 15) is 4.79 Å². The van der Waals surface area contributed by atoms with Gasteiger partial charge in [0.1, 0.15) is 0 Å². The molecule has 84 valence electrons. The Morgan fingerprint density at radius 2 is 2.00 bits per heavy atom. The topological polar surface area (TPSA) is 55.1 Å². The molecule has 0 aromatic heterocycles. The maximum absolute atomic E-state index is 11.5. The Balaban J connectivity index is 2.73. The second-order valence-corrected chi connectivity index (χ2v) is 4.03. The Labute approximate surface area is 104 Å². The maximum atomic E-state index is 11.5. The highest BCUT2D eigenvalue weighted by Gasteiger charge is 2.12. The molecule has 1 rings (SSSR count). The fourth-order valence-electron chi connectivity index (χ4n) is 1.08. The molecule has 0 radical (unpaired) electrons. The van der Waals surface area contributed by atoms with E-state index in [0.29, 0.717) is 15.7 Å². The van der Waals surface area contributed by atoms with Crippen LogP contribution in [0, 0.1) is 12.3 Å². The van der Waals surface area contributed by atoms with E-state index in [2.05, 4.69) is 11.2 Å². The summed E-state index contributed by atoms with van der Waals surface area (Å²) in [6.07, 6.45) is 5.24. The Hall–Kier alpha value is -1.21. The number of carbonyl (C=O) groups excluding carboxylic acids is 1. The van der Waals surface area contributed by atoms with E-state index in [-0.39, 0.29) is 12.3 Å². The van der Waals surface area contributed by atoms with Crippen LogP contribution in [-0.2, 0) is 4.79 Å². The number of terminal acetylenes is 1. The van der Waals surface area contributed by atoms with Crippen LogP contribution in [0.25, 0.3) is 0 Å². The first kappa shape index (κ1) is 12.9. The number of hydrogen-bond acceptors (Lipinski definition) is 2. The third-order valence-electron chi connectivity index (χ3n) is 1.80. The van der Waals surface area contributed by atoms with Crippen LogP contribution < -0.4 is 11.1 Å². The number of anilines is 1. The molecule has 5 heteroatoms. The highest BCUT2D eigenvalue weighted by Crippen LogP contribution is 2.22. The van der Waals surface area contributed by atoms with Crippen molar-refractivity contribution in [1.29, 1.82) is 0 Å². The van der Waals surface area contributed by atoms with Crippen molar-refractivity contribution >= 4 is 34.8 Å². The van der Waals surface area contributed by atoms with Gasteiger partial charge < -0.3 is 11.1 Å². The maximum Gasteiger partial charge on any atom is 0.242 e. The van der Waals surface area contributed by atoms with Crippen molar-refractivity contribution in [2.45, 2.75) is 12.5 Å². The molecular formula is C11H10Cl2N2O. The van der Waals surface area contributed by atoms with Crippen LogP contribution in [0.5, 0.6) is 0 Å². The van der Waals surface area contributed by atoms with Crippen LogP contribution in [0.15, 0.2) is 18.2 Å². The molecule has 0 spiro atoms. The SMILES string of the molecule is C#CCC(N)C(=O)Nc1cc(Cl)cc(Cl)c1. The summed E-state index contributed by atoms with van der Waals surface area (Å²) in [6.45, 7) is 0. The van der Waals surface area contributed by atoms with Gasteiger partial charge in [-0.2, -0.15) is 0 Å². The summed E-state index contributed by atoms with van der Waals surface area (Å²) < 4.78 is 0. The minimum Gasteiger partial charge on any atom is -0.325 e. The third kappa shape index (κ3) is 3.74. The number of halogens is 2. The fourth-order valence-corrected chi connectivity index (χ4v) is 1.61. The summed E-state index contributed by atoms with van der Waals surface area (Å²) in [4.78, 5) is 11.5. The summed E-state index contributed by atoms with van der Waals surface area (Å²) in [5, 5.41) is 3.46. The number of rotatable bonds is 3. The fraction of sp³-hybridized carbons (Fsp3) is 0.182. The van der Waals surface area contributed by atoms with Crippen LogP contribution in [0.3, 0.4) is 0 Å². The first-order valence-corrected chi connectivity index (χ1v) is 5.24. The Kier molecular flexibility index (Phi) is 4.63. The average molecular weight is 257 g/mol. The van der Waals surface area contributed by atoms with Crippen LogP contribution in [0.1, 0.15) is 6.42 Å². The average Bonchev–Trinajstić information content (AvgIpc) is 2.16. The molecule has 0 fully saturated rings. The lowest BCUT2D eigenvalue weighted by Gasteiger charge is -2.10. The first-order chi connectivity index (χ1) is 7.52. The van der Waals surface area contributed by atoms with Gasteiger partial charge in [0.15, 0.2) is 0 Å². The molecule has 0 aliphatic heterocycles. The second-order valence-electron chi connectivity index (χ2n) is 3.16. The lowest BCUT2D eigenvalue weighted by Crippen LogP contribution is -2.35. The van der Waals surface area contributed by atoms with Crippen molar-refractivity contribution in [3.05, 3.63) is 28.2 Å². The van der Waals surface area contributed by atoms with E-state index in [1.807, 2.05) is 0 Å². The molecule has 0 heterocycles. The largest absolute Gasteiger partial charge is 0.325 e. The van der Waals surface area contributed by atoms with Crippen molar-refractivity contribution < 1.29 is 4.79 Å². The zero-order valence-corrected chi connectivity index (χ0v) is 9.85. The summed E-state index contributed by atoms with van der Waals surface area (Å²) >= 11 is 11.5. The van der Waals surface area contributed by atoms with Crippen molar-refractivity contribution in [2.75, 3.05) is 5.32 Å². The predicted molar refractivity (Wildman–Crippen MR) is 66.5 cm³/mol. The summed E-state index contributed by atoms with van der Waals surface area (Å²) in [5.74, 6) is 1.95.